The van der Waals surface area contributed by atoms with Gasteiger partial charge in [-0.2, -0.15) is 0 Å². The number of benzene rings is 2. The second-order valence-electron chi connectivity index (χ2n) is 11.0. The predicted molar refractivity (Wildman–Crippen MR) is 189 cm³/mol. The minimum Gasteiger partial charge on any atom is -0.477 e. The molecule has 0 radical (unpaired) electrons. The Bertz CT molecular complexity index is 1910. The van der Waals surface area contributed by atoms with Gasteiger partial charge in [-0.3, -0.25) is 29.0 Å². The molecule has 3 atom stereocenters. The van der Waals surface area contributed by atoms with Crippen molar-refractivity contribution in [3.05, 3.63) is 70.4 Å². The first-order valence-electron chi connectivity index (χ1n) is 14.9. The molecule has 3 aliphatic rings. The molecule has 0 spiro atoms. The standard InChI is InChI=1S/C31H29ClN6O7S4/c1-3-36-11-12-37(25(41)24(36)40)29(45)34-21(16-7-5-4-6-8-16)23(39)35-31(46-2)27(44)38-22(26(42)43)17(14-47-28(31)38)15-48-30-33-19-13-18(32)9-10-20(19)49-30/h4-10,13,21,28H,3,11-12,14-15H2,1-2H3,(H,34,45)(H,35,39)(H,42,43)/t21?,28-,31-/m0/s1. The minimum absolute atomic E-state index is 0.0491. The number of carboxylic acid groups (broad SMARTS) is 1. The summed E-state index contributed by atoms with van der Waals surface area (Å²) >= 11 is 11.3. The maximum Gasteiger partial charge on any atom is 0.352 e. The lowest BCUT2D eigenvalue weighted by Gasteiger charge is -2.56. The van der Waals surface area contributed by atoms with Crippen LogP contribution in [0.3, 0.4) is 0 Å². The van der Waals surface area contributed by atoms with Crippen LogP contribution in [-0.2, 0) is 24.0 Å². The van der Waals surface area contributed by atoms with Gasteiger partial charge in [0.2, 0.25) is 5.91 Å². The number of hydrogen-bond acceptors (Lipinski definition) is 11. The molecule has 1 aromatic heterocycles. The molecule has 49 heavy (non-hydrogen) atoms. The highest BCUT2D eigenvalue weighted by Gasteiger charge is 2.65. The van der Waals surface area contributed by atoms with Crippen molar-refractivity contribution in [3.63, 3.8) is 0 Å². The average molecular weight is 761 g/mol. The van der Waals surface area contributed by atoms with Crippen LogP contribution in [0, 0.1) is 0 Å². The second kappa shape index (κ2) is 14.2. The first kappa shape index (κ1) is 35.1. The fourth-order valence-electron chi connectivity index (χ4n) is 5.72. The van der Waals surface area contributed by atoms with Crippen LogP contribution in [0.15, 0.2) is 64.1 Å². The van der Waals surface area contributed by atoms with E-state index in [-0.39, 0.29) is 30.3 Å². The quantitative estimate of drug-likeness (QED) is 0.120. The molecule has 2 saturated heterocycles. The molecule has 4 heterocycles. The summed E-state index contributed by atoms with van der Waals surface area (Å²) in [7, 11) is 0. The van der Waals surface area contributed by atoms with E-state index in [2.05, 4.69) is 15.6 Å². The van der Waals surface area contributed by atoms with E-state index in [4.69, 9.17) is 11.6 Å². The van der Waals surface area contributed by atoms with Crippen LogP contribution in [0.4, 0.5) is 4.79 Å². The summed E-state index contributed by atoms with van der Waals surface area (Å²) in [6.45, 7) is 2.15. The van der Waals surface area contributed by atoms with Gasteiger partial charge in [-0.15, -0.1) is 34.9 Å². The number of nitrogens with zero attached hydrogens (tertiary/aromatic N) is 4. The third kappa shape index (κ3) is 6.49. The Morgan fingerprint density at radius 3 is 2.57 bits per heavy atom. The highest BCUT2D eigenvalue weighted by molar-refractivity contribution is 8.05. The number of piperazine rings is 1. The smallest absolute Gasteiger partial charge is 0.352 e. The lowest BCUT2D eigenvalue weighted by atomic mass is 10.00. The summed E-state index contributed by atoms with van der Waals surface area (Å²) in [6, 6.07) is 11.4. The molecule has 3 N–H and O–H groups in total. The maximum absolute atomic E-state index is 14.0. The molecule has 2 fully saturated rings. The summed E-state index contributed by atoms with van der Waals surface area (Å²) in [5, 5.41) is 15.4. The van der Waals surface area contributed by atoms with Crippen LogP contribution < -0.4 is 10.6 Å². The van der Waals surface area contributed by atoms with Crippen molar-refractivity contribution in [2.75, 3.05) is 37.4 Å². The summed E-state index contributed by atoms with van der Waals surface area (Å²) in [5.74, 6) is -3.87. The lowest BCUT2D eigenvalue weighted by molar-refractivity contribution is -0.153. The zero-order chi connectivity index (χ0) is 35.0. The Morgan fingerprint density at radius 2 is 1.88 bits per heavy atom. The van der Waals surface area contributed by atoms with Crippen LogP contribution in [0.2, 0.25) is 5.02 Å². The fourth-order valence-corrected chi connectivity index (χ4v) is 10.7. The van der Waals surface area contributed by atoms with Crippen LogP contribution in [0.5, 0.6) is 0 Å². The van der Waals surface area contributed by atoms with Crippen molar-refractivity contribution < 1.29 is 33.9 Å². The highest BCUT2D eigenvalue weighted by atomic mass is 35.5. The Labute approximate surface area is 302 Å². The maximum atomic E-state index is 14.0. The number of aliphatic carboxylic acids is 1. The van der Waals surface area contributed by atoms with Gasteiger partial charge in [-0.05, 0) is 42.5 Å². The first-order chi connectivity index (χ1) is 23.5. The molecule has 3 aromatic rings. The summed E-state index contributed by atoms with van der Waals surface area (Å²) in [5.41, 5.74) is 1.53. The van der Waals surface area contributed by atoms with Gasteiger partial charge >= 0.3 is 23.8 Å². The number of β-lactam (4-membered cyclic amide) rings is 1. The number of rotatable bonds is 10. The van der Waals surface area contributed by atoms with Crippen molar-refractivity contribution in [2.45, 2.75) is 27.6 Å². The Hall–Kier alpha value is -3.77. The molecule has 256 valence electrons. The van der Waals surface area contributed by atoms with Gasteiger partial charge in [0.15, 0.2) is 9.21 Å². The number of fused-ring (bicyclic) bond motifs is 2. The molecule has 3 aliphatic heterocycles. The summed E-state index contributed by atoms with van der Waals surface area (Å²) < 4.78 is 1.68. The van der Waals surface area contributed by atoms with E-state index in [1.165, 1.54) is 44.7 Å². The van der Waals surface area contributed by atoms with Gasteiger partial charge in [0, 0.05) is 36.2 Å². The Morgan fingerprint density at radius 1 is 1.12 bits per heavy atom. The largest absolute Gasteiger partial charge is 0.477 e. The monoisotopic (exact) mass is 760 g/mol. The predicted octanol–water partition coefficient (Wildman–Crippen LogP) is 3.61. The second-order valence-corrected chi connectivity index (χ2v) is 15.9. The van der Waals surface area contributed by atoms with Crippen molar-refractivity contribution in [1.82, 2.24) is 30.3 Å². The number of thiazole rings is 1. The molecule has 0 bridgehead atoms. The topological polar surface area (TPSA) is 169 Å². The molecule has 6 amide bonds. The van der Waals surface area contributed by atoms with Gasteiger partial charge in [-0.1, -0.05) is 53.7 Å². The van der Waals surface area contributed by atoms with Crippen LogP contribution in [0.1, 0.15) is 18.5 Å². The van der Waals surface area contributed by atoms with Crippen LogP contribution in [0.25, 0.3) is 10.2 Å². The van der Waals surface area contributed by atoms with E-state index in [9.17, 15) is 33.9 Å². The van der Waals surface area contributed by atoms with E-state index in [1.54, 1.807) is 55.6 Å². The number of thioether (sulfide) groups is 3. The van der Waals surface area contributed by atoms with Crippen molar-refractivity contribution in [3.8, 4) is 0 Å². The number of urea groups is 1. The van der Waals surface area contributed by atoms with E-state index in [0.717, 1.165) is 31.2 Å². The van der Waals surface area contributed by atoms with Gasteiger partial charge in [0.1, 0.15) is 17.1 Å². The number of hydrogen-bond donors (Lipinski definition) is 3. The lowest BCUT2D eigenvalue weighted by Crippen LogP contribution is -2.78. The number of likely N-dealkylation sites (N-methyl/N-ethyl adjacent to an activating group) is 1. The Kier molecular flexibility index (Phi) is 10.2. The van der Waals surface area contributed by atoms with E-state index < -0.39 is 51.9 Å². The number of carbonyl (C=O) groups is 6. The molecule has 1 unspecified atom stereocenters. The molecule has 0 saturated carbocycles. The number of halogens is 1. The van der Waals surface area contributed by atoms with E-state index >= 15 is 0 Å². The highest BCUT2D eigenvalue weighted by Crippen LogP contribution is 2.51. The minimum atomic E-state index is -1.54. The van der Waals surface area contributed by atoms with Crippen LogP contribution >= 0.6 is 58.2 Å². The van der Waals surface area contributed by atoms with Gasteiger partial charge < -0.3 is 20.6 Å². The molecule has 0 aliphatic carbocycles. The molecular formula is C31H29ClN6O7S4. The molecule has 6 rings (SSSR count). The SMILES string of the molecule is CCN1CCN(C(=O)NC(C(=O)N[C@]2(SC)C(=O)N3C(C(=O)O)=C(CSc4nc5cc(Cl)ccc5s4)CS[C@H]32)c2ccccc2)C(=O)C1=O. The van der Waals surface area contributed by atoms with E-state index in [0.29, 0.717) is 22.7 Å². The zero-order valence-corrected chi connectivity index (χ0v) is 30.0. The molecule has 18 heteroatoms. The van der Waals surface area contributed by atoms with Crippen molar-refractivity contribution in [1.29, 1.82) is 0 Å². The Balaban J connectivity index is 1.21. The number of carbonyl (C=O) groups excluding carboxylic acids is 5. The normalized spacial score (nSPS) is 21.4. The van der Waals surface area contributed by atoms with Gasteiger partial charge in [-0.25, -0.2) is 14.6 Å². The summed E-state index contributed by atoms with van der Waals surface area (Å²) in [4.78, 5) is 85.2. The van der Waals surface area contributed by atoms with E-state index in [1.807, 2.05) is 6.07 Å². The first-order valence-corrected chi connectivity index (χ1v) is 19.4. The third-order valence-corrected chi connectivity index (χ3v) is 13.4. The fraction of sp³-hybridized carbons (Fsp3) is 0.323. The third-order valence-electron chi connectivity index (χ3n) is 8.24. The molecule has 2 aromatic carbocycles. The number of aromatic nitrogens is 1. The number of carboxylic acids is 1. The molecular weight excluding hydrogens is 732 g/mol. The van der Waals surface area contributed by atoms with Gasteiger partial charge in [0.05, 0.1) is 10.2 Å². The number of amides is 6. The average Bonchev–Trinajstić information content (AvgIpc) is 3.51. The van der Waals surface area contributed by atoms with Crippen molar-refractivity contribution in [2.24, 2.45) is 0 Å². The van der Waals surface area contributed by atoms with Crippen LogP contribution in [-0.4, -0.2) is 108 Å². The number of imide groups is 1. The van der Waals surface area contributed by atoms with Gasteiger partial charge in [0.25, 0.3) is 5.91 Å². The zero-order valence-electron chi connectivity index (χ0n) is 26.0. The number of nitrogens with one attached hydrogen (secondary N) is 2. The summed E-state index contributed by atoms with van der Waals surface area (Å²) in [6.07, 6.45) is 1.64. The van der Waals surface area contributed by atoms with Crippen molar-refractivity contribution >= 4 is 104 Å². The molecule has 13 nitrogen and oxygen atoms in total.